The Morgan fingerprint density at radius 2 is 2.15 bits per heavy atom. The van der Waals surface area contributed by atoms with Gasteiger partial charge in [-0.25, -0.2) is 14.2 Å². The van der Waals surface area contributed by atoms with Gasteiger partial charge in [0, 0.05) is 40.1 Å². The van der Waals surface area contributed by atoms with E-state index >= 15 is 0 Å². The molecule has 3 aromatic heterocycles. The average Bonchev–Trinajstić information content (AvgIpc) is 3.49. The zero-order chi connectivity index (χ0) is 23.3. The zero-order valence-corrected chi connectivity index (χ0v) is 18.2. The van der Waals surface area contributed by atoms with E-state index in [1.807, 2.05) is 24.5 Å². The van der Waals surface area contributed by atoms with Crippen molar-refractivity contribution in [1.82, 2.24) is 19.7 Å². The third-order valence-electron chi connectivity index (χ3n) is 6.31. The molecule has 1 fully saturated rings. The lowest BCUT2D eigenvalue weighted by Crippen LogP contribution is -2.24. The van der Waals surface area contributed by atoms with Gasteiger partial charge in [0.2, 0.25) is 0 Å². The van der Waals surface area contributed by atoms with Crippen LogP contribution in [0, 0.1) is 17.1 Å². The highest BCUT2D eigenvalue weighted by Crippen LogP contribution is 2.45. The first-order valence-electron chi connectivity index (χ1n) is 10.7. The van der Waals surface area contributed by atoms with Crippen molar-refractivity contribution in [3.63, 3.8) is 0 Å². The second kappa shape index (κ2) is 7.67. The molecular weight excluding hydrogens is 425 g/mol. The molecule has 33 heavy (non-hydrogen) atoms. The Balaban J connectivity index is 1.87. The third-order valence-corrected chi connectivity index (χ3v) is 6.31. The Bertz CT molecular complexity index is 1410. The van der Waals surface area contributed by atoms with E-state index in [4.69, 9.17) is 9.72 Å². The maximum Gasteiger partial charge on any atom is 0.332 e. The molecule has 0 spiro atoms. The number of benzene rings is 1. The Labute approximate surface area is 188 Å². The van der Waals surface area contributed by atoms with E-state index in [0.717, 1.165) is 27.8 Å². The lowest BCUT2D eigenvalue weighted by atomic mass is 9.80. The van der Waals surface area contributed by atoms with Crippen molar-refractivity contribution in [2.75, 3.05) is 6.61 Å². The van der Waals surface area contributed by atoms with Crippen LogP contribution in [0.2, 0.25) is 0 Å². The summed E-state index contributed by atoms with van der Waals surface area (Å²) < 4.78 is 21.4. The minimum atomic E-state index is -0.999. The first kappa shape index (κ1) is 21.1. The van der Waals surface area contributed by atoms with E-state index in [-0.39, 0.29) is 24.8 Å². The number of aromatic nitrogens is 4. The van der Waals surface area contributed by atoms with Crippen LogP contribution in [0.1, 0.15) is 43.9 Å². The molecule has 1 aliphatic heterocycles. The Hall–Kier alpha value is -3.77. The number of carbonyl (C=O) groups is 1. The van der Waals surface area contributed by atoms with Crippen molar-refractivity contribution >= 4 is 28.0 Å². The van der Waals surface area contributed by atoms with E-state index in [2.05, 4.69) is 16.3 Å². The average molecular weight is 447 g/mol. The summed E-state index contributed by atoms with van der Waals surface area (Å²) >= 11 is 0. The number of nitriles is 1. The molecule has 8 nitrogen and oxygen atoms in total. The zero-order valence-electron chi connectivity index (χ0n) is 18.2. The molecule has 4 aromatic rings. The summed E-state index contributed by atoms with van der Waals surface area (Å²) in [6.45, 7) is 4.19. The predicted octanol–water partition coefficient (Wildman–Crippen LogP) is 4.19. The molecule has 5 rings (SSSR count). The second-order valence-corrected chi connectivity index (χ2v) is 9.05. The van der Waals surface area contributed by atoms with Crippen molar-refractivity contribution < 1.29 is 19.0 Å². The molecule has 2 N–H and O–H groups in total. The molecule has 0 radical (unpaired) electrons. The van der Waals surface area contributed by atoms with Gasteiger partial charge in [-0.3, -0.25) is 5.10 Å². The molecule has 0 bridgehead atoms. The van der Waals surface area contributed by atoms with Gasteiger partial charge in [-0.15, -0.1) is 0 Å². The quantitative estimate of drug-likeness (QED) is 0.474. The number of nitrogens with one attached hydrogen (secondary N) is 1. The molecule has 2 atom stereocenters. The SMILES string of the molecule is CC(C)(CC#N)c1c([C@@H]2CO[C@@H](C(=O)O)C2)c2nc3[nH]ncc3cc2n1-c1ccc(F)cc1. The number of nitrogens with zero attached hydrogens (tertiary/aromatic N) is 4. The largest absolute Gasteiger partial charge is 0.479 e. The maximum atomic E-state index is 13.8. The van der Waals surface area contributed by atoms with Crippen LogP contribution in [0.25, 0.3) is 27.8 Å². The summed E-state index contributed by atoms with van der Waals surface area (Å²) in [4.78, 5) is 16.4. The number of rotatable bonds is 5. The van der Waals surface area contributed by atoms with Gasteiger partial charge in [0.1, 0.15) is 5.82 Å². The highest BCUT2D eigenvalue weighted by molar-refractivity contribution is 5.94. The number of carboxylic acids is 1. The number of hydrogen-bond donors (Lipinski definition) is 2. The lowest BCUT2D eigenvalue weighted by molar-refractivity contribution is -0.147. The minimum absolute atomic E-state index is 0.226. The molecule has 1 saturated heterocycles. The summed E-state index contributed by atoms with van der Waals surface area (Å²) in [5.41, 5.74) is 3.91. The smallest absolute Gasteiger partial charge is 0.332 e. The highest BCUT2D eigenvalue weighted by Gasteiger charge is 2.40. The Kier molecular flexibility index (Phi) is 4.91. The van der Waals surface area contributed by atoms with Crippen LogP contribution in [0.3, 0.4) is 0 Å². The van der Waals surface area contributed by atoms with Crippen molar-refractivity contribution in [3.05, 3.63) is 53.6 Å². The summed E-state index contributed by atoms with van der Waals surface area (Å²) in [5, 5.41) is 26.9. The van der Waals surface area contributed by atoms with Crippen LogP contribution in [-0.2, 0) is 14.9 Å². The van der Waals surface area contributed by atoms with Crippen LogP contribution < -0.4 is 0 Å². The Morgan fingerprint density at radius 3 is 2.82 bits per heavy atom. The number of halogens is 1. The van der Waals surface area contributed by atoms with Crippen LogP contribution in [0.4, 0.5) is 4.39 Å². The van der Waals surface area contributed by atoms with E-state index < -0.39 is 17.5 Å². The lowest BCUT2D eigenvalue weighted by Gasteiger charge is -2.27. The topological polar surface area (TPSA) is 117 Å². The van der Waals surface area contributed by atoms with Gasteiger partial charge in [0.25, 0.3) is 0 Å². The molecule has 0 aliphatic carbocycles. The molecule has 0 amide bonds. The van der Waals surface area contributed by atoms with Crippen molar-refractivity contribution in [1.29, 1.82) is 5.26 Å². The number of H-pyrrole nitrogens is 1. The third kappa shape index (κ3) is 3.43. The second-order valence-electron chi connectivity index (χ2n) is 9.05. The highest BCUT2D eigenvalue weighted by atomic mass is 19.1. The van der Waals surface area contributed by atoms with Gasteiger partial charge in [-0.2, -0.15) is 10.4 Å². The molecule has 168 valence electrons. The van der Waals surface area contributed by atoms with E-state index in [1.54, 1.807) is 18.3 Å². The number of carboxylic acid groups (broad SMARTS) is 1. The number of fused-ring (bicyclic) bond motifs is 2. The standard InChI is InChI=1S/C24H22FN5O3/c1-24(2,7-8-26)21-19(14-10-18(23(31)32)33-12-14)20-17(9-13-11-27-29-22(13)28-20)30(21)16-5-3-15(25)4-6-16/h3-6,9,11,14,18H,7,10,12H2,1-2H3,(H,31,32)(H,27,28,29)/t14-,18+/m0/s1. The minimum Gasteiger partial charge on any atom is -0.479 e. The first-order valence-corrected chi connectivity index (χ1v) is 10.7. The molecule has 0 saturated carbocycles. The van der Waals surface area contributed by atoms with Gasteiger partial charge in [-0.1, -0.05) is 13.8 Å². The molecule has 4 heterocycles. The fourth-order valence-corrected chi connectivity index (χ4v) is 4.78. The van der Waals surface area contributed by atoms with E-state index in [9.17, 15) is 19.6 Å². The van der Waals surface area contributed by atoms with Crippen LogP contribution in [0.15, 0.2) is 36.5 Å². The van der Waals surface area contributed by atoms with Gasteiger partial charge in [-0.05, 0) is 36.8 Å². The van der Waals surface area contributed by atoms with Crippen molar-refractivity contribution in [2.24, 2.45) is 0 Å². The monoisotopic (exact) mass is 447 g/mol. The van der Waals surface area contributed by atoms with Gasteiger partial charge in [0.15, 0.2) is 11.8 Å². The van der Waals surface area contributed by atoms with Crippen LogP contribution >= 0.6 is 0 Å². The normalized spacial score (nSPS) is 18.7. The van der Waals surface area contributed by atoms with E-state index in [1.165, 1.54) is 12.1 Å². The number of pyridine rings is 1. The first-order chi connectivity index (χ1) is 15.8. The van der Waals surface area contributed by atoms with Crippen molar-refractivity contribution in [2.45, 2.75) is 44.1 Å². The van der Waals surface area contributed by atoms with Gasteiger partial charge >= 0.3 is 5.97 Å². The summed E-state index contributed by atoms with van der Waals surface area (Å²) in [6, 6.07) is 10.4. The van der Waals surface area contributed by atoms with Crippen LogP contribution in [-0.4, -0.2) is 43.5 Å². The predicted molar refractivity (Wildman–Crippen MR) is 119 cm³/mol. The molecule has 1 aliphatic rings. The van der Waals surface area contributed by atoms with Gasteiger partial charge < -0.3 is 14.4 Å². The molecular formula is C24H22FN5O3. The number of ether oxygens (including phenoxy) is 1. The van der Waals surface area contributed by atoms with Crippen LogP contribution in [0.5, 0.6) is 0 Å². The Morgan fingerprint density at radius 1 is 1.39 bits per heavy atom. The maximum absolute atomic E-state index is 13.8. The molecule has 0 unspecified atom stereocenters. The number of hydrogen-bond acceptors (Lipinski definition) is 5. The fourth-order valence-electron chi connectivity index (χ4n) is 4.78. The summed E-state index contributed by atoms with van der Waals surface area (Å²) in [6.07, 6.45) is 1.31. The van der Waals surface area contributed by atoms with E-state index in [0.29, 0.717) is 17.6 Å². The summed E-state index contributed by atoms with van der Waals surface area (Å²) in [7, 11) is 0. The van der Waals surface area contributed by atoms with Crippen molar-refractivity contribution in [3.8, 4) is 11.8 Å². The van der Waals surface area contributed by atoms with Gasteiger partial charge in [0.05, 0.1) is 29.9 Å². The summed E-state index contributed by atoms with van der Waals surface area (Å²) in [5.74, 6) is -1.57. The number of aliphatic carboxylic acids is 1. The number of aromatic amines is 1. The molecule has 9 heteroatoms. The fraction of sp³-hybridized carbons (Fsp3) is 0.333. The molecule has 1 aromatic carbocycles.